The maximum atomic E-state index is 13.0. The molecule has 33 heavy (non-hydrogen) atoms. The Hall–Kier alpha value is -3.01. The number of nitrogens with one attached hydrogen (secondary N) is 1. The molecule has 0 saturated carbocycles. The number of methoxy groups -OCH3 is 2. The van der Waals surface area contributed by atoms with E-state index in [4.69, 9.17) is 13.9 Å². The van der Waals surface area contributed by atoms with E-state index in [1.807, 2.05) is 30.3 Å². The molecule has 1 aliphatic heterocycles. The zero-order valence-electron chi connectivity index (χ0n) is 18.8. The van der Waals surface area contributed by atoms with Crippen LogP contribution in [0.25, 0.3) is 0 Å². The number of piperazine rings is 1. The van der Waals surface area contributed by atoms with Crippen LogP contribution in [0.2, 0.25) is 0 Å². The van der Waals surface area contributed by atoms with Crippen LogP contribution in [-0.4, -0.2) is 60.3 Å². The van der Waals surface area contributed by atoms with E-state index in [0.717, 1.165) is 31.9 Å². The lowest BCUT2D eigenvalue weighted by molar-refractivity contribution is 0.166. The molecule has 3 aromatic rings. The van der Waals surface area contributed by atoms with Crippen LogP contribution in [0.4, 0.5) is 5.69 Å². The average Bonchev–Trinajstić information content (AvgIpc) is 3.39. The fraction of sp³-hybridized carbons (Fsp3) is 0.333. The van der Waals surface area contributed by atoms with Crippen LogP contribution in [0.3, 0.4) is 0 Å². The number of rotatable bonds is 9. The first kappa shape index (κ1) is 23.2. The topological polar surface area (TPSA) is 84.2 Å². The summed E-state index contributed by atoms with van der Waals surface area (Å²) < 4.78 is 44.9. The van der Waals surface area contributed by atoms with E-state index < -0.39 is 10.0 Å². The average molecular weight is 472 g/mol. The molecule has 1 saturated heterocycles. The molecule has 1 aliphatic rings. The van der Waals surface area contributed by atoms with Crippen molar-refractivity contribution in [2.75, 3.05) is 51.8 Å². The van der Waals surface area contributed by atoms with Gasteiger partial charge in [-0.05, 0) is 36.4 Å². The van der Waals surface area contributed by atoms with E-state index in [2.05, 4.69) is 26.7 Å². The SMILES string of the molecule is COc1ccc(S(=O)(=O)NC[C@H](c2ccco2)N2CCN(c3ccccc3)CC2)cc1OC. The van der Waals surface area contributed by atoms with Gasteiger partial charge in [0.1, 0.15) is 5.76 Å². The van der Waals surface area contributed by atoms with E-state index in [1.54, 1.807) is 12.3 Å². The molecule has 9 heteroatoms. The van der Waals surface area contributed by atoms with Crippen molar-refractivity contribution in [1.82, 2.24) is 9.62 Å². The largest absolute Gasteiger partial charge is 0.493 e. The number of benzene rings is 2. The van der Waals surface area contributed by atoms with Crippen LogP contribution in [0.5, 0.6) is 11.5 Å². The summed E-state index contributed by atoms with van der Waals surface area (Å²) in [5.74, 6) is 1.57. The highest BCUT2D eigenvalue weighted by Gasteiger charge is 2.29. The van der Waals surface area contributed by atoms with E-state index in [1.165, 1.54) is 32.0 Å². The lowest BCUT2D eigenvalue weighted by Gasteiger charge is -2.39. The van der Waals surface area contributed by atoms with E-state index in [9.17, 15) is 8.42 Å². The number of ether oxygens (including phenoxy) is 2. The molecule has 0 bridgehead atoms. The Morgan fingerprint density at radius 2 is 1.67 bits per heavy atom. The minimum Gasteiger partial charge on any atom is -0.493 e. The van der Waals surface area contributed by atoms with Crippen LogP contribution in [0.1, 0.15) is 11.8 Å². The smallest absolute Gasteiger partial charge is 0.240 e. The molecular weight excluding hydrogens is 442 g/mol. The summed E-state index contributed by atoms with van der Waals surface area (Å²) in [6, 6.07) is 18.3. The number of hydrogen-bond donors (Lipinski definition) is 1. The van der Waals surface area contributed by atoms with Crippen LogP contribution < -0.4 is 19.1 Å². The molecule has 0 radical (unpaired) electrons. The maximum absolute atomic E-state index is 13.0. The van der Waals surface area contributed by atoms with Crippen molar-refractivity contribution in [3.05, 3.63) is 72.7 Å². The number of hydrogen-bond acceptors (Lipinski definition) is 7. The van der Waals surface area contributed by atoms with Gasteiger partial charge in [-0.1, -0.05) is 18.2 Å². The highest BCUT2D eigenvalue weighted by Crippen LogP contribution is 2.30. The van der Waals surface area contributed by atoms with Gasteiger partial charge in [-0.15, -0.1) is 0 Å². The van der Waals surface area contributed by atoms with Gasteiger partial charge in [0.25, 0.3) is 0 Å². The van der Waals surface area contributed by atoms with Gasteiger partial charge in [0, 0.05) is 44.5 Å². The monoisotopic (exact) mass is 471 g/mol. The summed E-state index contributed by atoms with van der Waals surface area (Å²) in [6.07, 6.45) is 1.62. The second-order valence-corrected chi connectivity index (χ2v) is 9.53. The molecule has 8 nitrogen and oxygen atoms in total. The van der Waals surface area contributed by atoms with Gasteiger partial charge in [-0.25, -0.2) is 13.1 Å². The van der Waals surface area contributed by atoms with Gasteiger partial charge >= 0.3 is 0 Å². The maximum Gasteiger partial charge on any atom is 0.240 e. The van der Waals surface area contributed by atoms with Gasteiger partial charge in [0.2, 0.25) is 10.0 Å². The highest BCUT2D eigenvalue weighted by molar-refractivity contribution is 7.89. The fourth-order valence-electron chi connectivity index (χ4n) is 4.08. The van der Waals surface area contributed by atoms with Gasteiger partial charge in [-0.3, -0.25) is 4.90 Å². The molecule has 1 N–H and O–H groups in total. The second-order valence-electron chi connectivity index (χ2n) is 7.76. The number of sulfonamides is 1. The molecule has 0 amide bonds. The van der Waals surface area contributed by atoms with Crippen molar-refractivity contribution in [2.24, 2.45) is 0 Å². The predicted octanol–water partition coefficient (Wildman–Crippen LogP) is 3.14. The number of anilines is 1. The zero-order valence-corrected chi connectivity index (χ0v) is 19.6. The number of para-hydroxylation sites is 1. The summed E-state index contributed by atoms with van der Waals surface area (Å²) in [5, 5.41) is 0. The molecule has 1 atom stereocenters. The predicted molar refractivity (Wildman–Crippen MR) is 126 cm³/mol. The van der Waals surface area contributed by atoms with Gasteiger partial charge in [0.05, 0.1) is 31.4 Å². The van der Waals surface area contributed by atoms with Gasteiger partial charge in [-0.2, -0.15) is 0 Å². The lowest BCUT2D eigenvalue weighted by Crippen LogP contribution is -2.49. The Labute approximate surface area is 194 Å². The highest BCUT2D eigenvalue weighted by atomic mass is 32.2. The summed E-state index contributed by atoms with van der Waals surface area (Å²) >= 11 is 0. The Morgan fingerprint density at radius 1 is 0.939 bits per heavy atom. The third-order valence-corrected chi connectivity index (χ3v) is 7.30. The molecule has 2 heterocycles. The van der Waals surface area contributed by atoms with Gasteiger partial charge in [0.15, 0.2) is 11.5 Å². The molecule has 1 aromatic heterocycles. The summed E-state index contributed by atoms with van der Waals surface area (Å²) in [7, 11) is -0.775. The van der Waals surface area contributed by atoms with Crippen molar-refractivity contribution in [3.63, 3.8) is 0 Å². The zero-order chi connectivity index (χ0) is 23.3. The third kappa shape index (κ3) is 5.32. The first-order valence-corrected chi connectivity index (χ1v) is 12.3. The number of nitrogens with zero attached hydrogens (tertiary/aromatic N) is 2. The van der Waals surface area contributed by atoms with Crippen molar-refractivity contribution in [1.29, 1.82) is 0 Å². The molecule has 0 aliphatic carbocycles. The van der Waals surface area contributed by atoms with Crippen molar-refractivity contribution in [2.45, 2.75) is 10.9 Å². The second kappa shape index (κ2) is 10.3. The fourth-order valence-corrected chi connectivity index (χ4v) is 5.13. The van der Waals surface area contributed by atoms with E-state index in [0.29, 0.717) is 11.5 Å². The molecule has 176 valence electrons. The Kier molecular flexibility index (Phi) is 7.22. The van der Waals surface area contributed by atoms with Crippen LogP contribution in [0, 0.1) is 0 Å². The van der Waals surface area contributed by atoms with E-state index >= 15 is 0 Å². The molecule has 2 aromatic carbocycles. The van der Waals surface area contributed by atoms with Crippen molar-refractivity contribution >= 4 is 15.7 Å². The third-order valence-electron chi connectivity index (χ3n) is 5.88. The molecule has 0 spiro atoms. The minimum absolute atomic E-state index is 0.118. The van der Waals surface area contributed by atoms with Crippen LogP contribution in [-0.2, 0) is 10.0 Å². The normalized spacial score (nSPS) is 15.9. The van der Waals surface area contributed by atoms with E-state index in [-0.39, 0.29) is 17.5 Å². The molecule has 4 rings (SSSR count). The van der Waals surface area contributed by atoms with Crippen molar-refractivity contribution in [3.8, 4) is 11.5 Å². The Balaban J connectivity index is 1.47. The quantitative estimate of drug-likeness (QED) is 0.513. The summed E-state index contributed by atoms with van der Waals surface area (Å²) in [4.78, 5) is 4.71. The van der Waals surface area contributed by atoms with Crippen molar-refractivity contribution < 1.29 is 22.3 Å². The summed E-state index contributed by atoms with van der Waals surface area (Å²) in [5.41, 5.74) is 1.20. The minimum atomic E-state index is -3.76. The standard InChI is InChI=1S/C24H29N3O5S/c1-30-23-11-10-20(17-24(23)31-2)33(28,29)25-18-21(22-9-6-16-32-22)27-14-12-26(13-15-27)19-7-4-3-5-8-19/h3-11,16-17,21,25H,12-15,18H2,1-2H3/t21-/m1/s1. The molecule has 1 fully saturated rings. The van der Waals surface area contributed by atoms with Crippen LogP contribution >= 0.6 is 0 Å². The molecular formula is C24H29N3O5S. The Morgan fingerprint density at radius 3 is 2.30 bits per heavy atom. The first-order chi connectivity index (χ1) is 16.0. The Bertz CT molecular complexity index is 1130. The lowest BCUT2D eigenvalue weighted by atomic mass is 10.1. The summed E-state index contributed by atoms with van der Waals surface area (Å²) in [6.45, 7) is 3.47. The first-order valence-electron chi connectivity index (χ1n) is 10.8. The number of furan rings is 1. The van der Waals surface area contributed by atoms with Gasteiger partial charge < -0.3 is 18.8 Å². The van der Waals surface area contributed by atoms with Crippen LogP contribution in [0.15, 0.2) is 76.2 Å². The molecule has 0 unspecified atom stereocenters.